The Labute approximate surface area is 133 Å². The number of hydrogen-bond donors (Lipinski definition) is 5. The van der Waals surface area contributed by atoms with Crippen LogP contribution in [0.4, 0.5) is 0 Å². The van der Waals surface area contributed by atoms with E-state index in [1.165, 1.54) is 7.28 Å². The molecular weight excluding hydrogens is 290 g/mol. The predicted octanol–water partition coefficient (Wildman–Crippen LogP) is -0.643. The van der Waals surface area contributed by atoms with Crippen molar-refractivity contribution < 1.29 is 29.6 Å². The molecule has 0 aromatic rings. The second-order valence-corrected chi connectivity index (χ2v) is 3.56. The van der Waals surface area contributed by atoms with Gasteiger partial charge in [-0.2, -0.15) is 0 Å². The SMILES string of the molecule is C=C(NC[B]CC(=O)O)OCC.CCO.NC[B]CC(=O)O. The van der Waals surface area contributed by atoms with Gasteiger partial charge in [0, 0.05) is 19.2 Å². The molecular formula is C12H26B2N2O6. The molecule has 0 aliphatic carbocycles. The Hall–Kier alpha value is -1.67. The van der Waals surface area contributed by atoms with E-state index in [-0.39, 0.29) is 19.2 Å². The predicted molar refractivity (Wildman–Crippen MR) is 87.0 cm³/mol. The third-order valence-corrected chi connectivity index (χ3v) is 1.57. The Bertz CT molecular complexity index is 293. The fourth-order valence-electron chi connectivity index (χ4n) is 0.814. The molecule has 0 aromatic carbocycles. The molecule has 0 aliphatic heterocycles. The van der Waals surface area contributed by atoms with Crippen LogP contribution >= 0.6 is 0 Å². The fraction of sp³-hybridized carbons (Fsp3) is 0.667. The molecule has 0 aliphatic rings. The molecule has 0 rings (SSSR count). The van der Waals surface area contributed by atoms with Gasteiger partial charge in [0.2, 0.25) is 0 Å². The number of nitrogens with two attached hydrogens (primary N) is 1. The van der Waals surface area contributed by atoms with Crippen molar-refractivity contribution in [2.75, 3.05) is 26.1 Å². The molecule has 0 fully saturated rings. The first-order valence-corrected chi connectivity index (χ1v) is 6.78. The minimum Gasteiger partial charge on any atom is -0.482 e. The van der Waals surface area contributed by atoms with Crippen LogP contribution in [0.25, 0.3) is 0 Å². The maximum atomic E-state index is 10.1. The van der Waals surface area contributed by atoms with Crippen molar-refractivity contribution in [1.82, 2.24) is 5.32 Å². The van der Waals surface area contributed by atoms with Crippen molar-refractivity contribution >= 4 is 26.5 Å². The third kappa shape index (κ3) is 36.2. The molecule has 10 heteroatoms. The molecule has 6 N–H and O–H groups in total. The van der Waals surface area contributed by atoms with Gasteiger partial charge in [0.25, 0.3) is 11.9 Å². The van der Waals surface area contributed by atoms with E-state index >= 15 is 0 Å². The Morgan fingerprint density at radius 3 is 1.95 bits per heavy atom. The summed E-state index contributed by atoms with van der Waals surface area (Å²) in [6.07, 6.45) is 0.917. The van der Waals surface area contributed by atoms with Gasteiger partial charge in [-0.05, 0) is 33.3 Å². The van der Waals surface area contributed by atoms with Gasteiger partial charge >= 0.3 is 0 Å². The summed E-state index contributed by atoms with van der Waals surface area (Å²) in [5.41, 5.74) is 4.96. The van der Waals surface area contributed by atoms with Gasteiger partial charge in [-0.1, -0.05) is 0 Å². The number of aliphatic hydroxyl groups excluding tert-OH is 1. The monoisotopic (exact) mass is 316 g/mol. The molecule has 2 radical (unpaired) electrons. The van der Waals surface area contributed by atoms with Gasteiger partial charge in [0.05, 0.1) is 6.61 Å². The Kier molecular flexibility index (Phi) is 24.9. The highest BCUT2D eigenvalue weighted by Crippen LogP contribution is 1.85. The van der Waals surface area contributed by atoms with Gasteiger partial charge < -0.3 is 31.1 Å². The molecule has 0 saturated carbocycles. The summed E-state index contributed by atoms with van der Waals surface area (Å²) in [6, 6.07) is 0. The lowest BCUT2D eigenvalue weighted by Gasteiger charge is -2.07. The first-order valence-electron chi connectivity index (χ1n) is 6.78. The standard InChI is InChI=1S/C7H13BNO3.C3H7BNO2.C2H6O/c1-3-12-6(2)9-5-8-4-7(10)11;5-2-4-1-3(6)7;1-2-3/h9H,2-5H2,1H3,(H,10,11);1-2,5H2,(H,6,7);3H,2H2,1H3. The summed E-state index contributed by atoms with van der Waals surface area (Å²) >= 11 is 0. The summed E-state index contributed by atoms with van der Waals surface area (Å²) in [7, 11) is 3.11. The molecule has 0 saturated heterocycles. The average Bonchev–Trinajstić information content (AvgIpc) is 2.43. The van der Waals surface area contributed by atoms with Crippen molar-refractivity contribution in [3.05, 3.63) is 12.5 Å². The van der Waals surface area contributed by atoms with Crippen molar-refractivity contribution in [1.29, 1.82) is 0 Å². The lowest BCUT2D eigenvalue weighted by molar-refractivity contribution is -0.135. The molecule has 0 atom stereocenters. The van der Waals surface area contributed by atoms with Crippen LogP contribution in [0.2, 0.25) is 12.6 Å². The minimum atomic E-state index is -0.834. The van der Waals surface area contributed by atoms with Gasteiger partial charge in [-0.25, -0.2) is 0 Å². The Morgan fingerprint density at radius 2 is 1.64 bits per heavy atom. The van der Waals surface area contributed by atoms with Crippen LogP contribution in [0.5, 0.6) is 0 Å². The molecule has 0 amide bonds. The second-order valence-electron chi connectivity index (χ2n) is 3.56. The quantitative estimate of drug-likeness (QED) is 0.203. The lowest BCUT2D eigenvalue weighted by atomic mass is 9.75. The highest BCUT2D eigenvalue weighted by molar-refractivity contribution is 6.41. The minimum absolute atomic E-state index is 0.0480. The molecule has 0 unspecified atom stereocenters. The van der Waals surface area contributed by atoms with Crippen molar-refractivity contribution in [2.45, 2.75) is 26.5 Å². The van der Waals surface area contributed by atoms with E-state index in [1.54, 1.807) is 14.2 Å². The zero-order valence-corrected chi connectivity index (χ0v) is 13.2. The number of aliphatic carboxylic acids is 2. The van der Waals surface area contributed by atoms with E-state index in [2.05, 4.69) is 11.9 Å². The number of carboxylic acid groups (broad SMARTS) is 2. The Morgan fingerprint density at radius 1 is 1.18 bits per heavy atom. The van der Waals surface area contributed by atoms with Crippen LogP contribution in [0, 0.1) is 0 Å². The molecule has 0 bridgehead atoms. The molecule has 126 valence electrons. The van der Waals surface area contributed by atoms with E-state index in [0.717, 1.165) is 0 Å². The number of nitrogens with one attached hydrogen (secondary N) is 1. The number of hydrogen-bond acceptors (Lipinski definition) is 6. The summed E-state index contributed by atoms with van der Waals surface area (Å²) < 4.78 is 4.98. The van der Waals surface area contributed by atoms with Crippen molar-refractivity contribution in [3.63, 3.8) is 0 Å². The summed E-state index contributed by atoms with van der Waals surface area (Å²) in [5.74, 6) is -1.19. The molecule has 0 aromatic heterocycles. The second kappa shape index (κ2) is 21.6. The van der Waals surface area contributed by atoms with Gasteiger partial charge in [-0.3, -0.25) is 9.59 Å². The molecule has 0 heterocycles. The number of aliphatic hydroxyl groups is 1. The maximum absolute atomic E-state index is 10.1. The normalized spacial score (nSPS) is 8.18. The van der Waals surface area contributed by atoms with Crippen molar-refractivity contribution in [2.24, 2.45) is 5.73 Å². The Balaban J connectivity index is -0.000000305. The fourth-order valence-corrected chi connectivity index (χ4v) is 0.814. The molecule has 0 spiro atoms. The van der Waals surface area contributed by atoms with Crippen LogP contribution in [0.1, 0.15) is 13.8 Å². The smallest absolute Gasteiger partial charge is 0.295 e. The summed E-state index contributed by atoms with van der Waals surface area (Å²) in [5, 5.41) is 26.6. The number of rotatable bonds is 10. The maximum Gasteiger partial charge on any atom is 0.295 e. The van der Waals surface area contributed by atoms with Gasteiger partial charge in [-0.15, -0.1) is 0 Å². The largest absolute Gasteiger partial charge is 0.482 e. The van der Waals surface area contributed by atoms with Gasteiger partial charge in [0.15, 0.2) is 5.88 Å². The van der Waals surface area contributed by atoms with E-state index < -0.39 is 11.9 Å². The first-order chi connectivity index (χ1) is 10.3. The van der Waals surface area contributed by atoms with E-state index in [1.807, 2.05) is 6.92 Å². The molecule has 8 nitrogen and oxygen atoms in total. The van der Waals surface area contributed by atoms with Crippen LogP contribution in [0.3, 0.4) is 0 Å². The van der Waals surface area contributed by atoms with Crippen LogP contribution in [-0.2, 0) is 14.3 Å². The summed E-state index contributed by atoms with van der Waals surface area (Å²) in [6.45, 7) is 7.91. The van der Waals surface area contributed by atoms with E-state index in [0.29, 0.717) is 25.4 Å². The zero-order valence-electron chi connectivity index (χ0n) is 13.2. The number of ether oxygens (including phenoxy) is 1. The average molecular weight is 316 g/mol. The van der Waals surface area contributed by atoms with Crippen molar-refractivity contribution in [3.8, 4) is 0 Å². The topological polar surface area (TPSA) is 142 Å². The lowest BCUT2D eigenvalue weighted by Crippen LogP contribution is -2.22. The summed E-state index contributed by atoms with van der Waals surface area (Å²) in [4.78, 5) is 19.7. The highest BCUT2D eigenvalue weighted by Gasteiger charge is 1.98. The number of carboxylic acids is 2. The molecule has 22 heavy (non-hydrogen) atoms. The highest BCUT2D eigenvalue weighted by atomic mass is 16.5. The van der Waals surface area contributed by atoms with Crippen LogP contribution < -0.4 is 11.1 Å². The van der Waals surface area contributed by atoms with E-state index in [9.17, 15) is 9.59 Å². The zero-order chi connectivity index (χ0) is 17.8. The third-order valence-electron chi connectivity index (χ3n) is 1.57. The number of carbonyl (C=O) groups is 2. The van der Waals surface area contributed by atoms with Crippen LogP contribution in [-0.4, -0.2) is 67.9 Å². The van der Waals surface area contributed by atoms with Crippen LogP contribution in [0.15, 0.2) is 12.5 Å². The van der Waals surface area contributed by atoms with E-state index in [4.69, 9.17) is 25.8 Å². The first kappa shape index (κ1) is 25.3. The van der Waals surface area contributed by atoms with Gasteiger partial charge in [0.1, 0.15) is 14.6 Å².